The van der Waals surface area contributed by atoms with E-state index in [1.807, 2.05) is 31.2 Å². The van der Waals surface area contributed by atoms with Crippen LogP contribution in [0.5, 0.6) is 0 Å². The Morgan fingerprint density at radius 2 is 1.95 bits per heavy atom. The summed E-state index contributed by atoms with van der Waals surface area (Å²) < 4.78 is 5.13. The van der Waals surface area contributed by atoms with Gasteiger partial charge in [0.05, 0.1) is 12.2 Å². The van der Waals surface area contributed by atoms with Gasteiger partial charge in [-0.3, -0.25) is 0 Å². The molecule has 0 N–H and O–H groups in total. The minimum Gasteiger partial charge on any atom is -0.462 e. The molecular weight excluding hydrogens is 262 g/mol. The van der Waals surface area contributed by atoms with Crippen molar-refractivity contribution in [1.29, 1.82) is 0 Å². The molecule has 0 amide bonds. The van der Waals surface area contributed by atoms with E-state index >= 15 is 0 Å². The molecule has 0 aliphatic heterocycles. The topological polar surface area (TPSA) is 30.7 Å². The zero-order chi connectivity index (χ0) is 15.3. The van der Waals surface area contributed by atoms with Gasteiger partial charge in [-0.2, -0.15) is 0 Å². The third-order valence-electron chi connectivity index (χ3n) is 4.39. The molecule has 1 aromatic rings. The van der Waals surface area contributed by atoms with Crippen LogP contribution in [0.3, 0.4) is 0 Å². The number of benzene rings is 1. The minimum atomic E-state index is -0.243. The summed E-state index contributed by atoms with van der Waals surface area (Å²) in [4.78, 5) is 15.5. The molecule has 2 rings (SSSR count). The lowest BCUT2D eigenvalue weighted by Gasteiger charge is -2.28. The monoisotopic (exact) mass is 285 g/mol. The molecule has 0 radical (unpaired) electrons. The van der Waals surface area contributed by atoms with Gasteiger partial charge in [0.15, 0.2) is 0 Å². The molecule has 0 unspecified atom stereocenters. The molecule has 112 valence electrons. The quantitative estimate of drug-likeness (QED) is 0.598. The van der Waals surface area contributed by atoms with E-state index in [2.05, 4.69) is 11.8 Å². The van der Waals surface area contributed by atoms with Crippen molar-refractivity contribution in [3.05, 3.63) is 46.8 Å². The van der Waals surface area contributed by atoms with E-state index in [0.717, 1.165) is 32.1 Å². The average molecular weight is 285 g/mol. The lowest BCUT2D eigenvalue weighted by atomic mass is 9.75. The minimum absolute atomic E-state index is 0.166. The summed E-state index contributed by atoms with van der Waals surface area (Å²) in [6.07, 6.45) is 4.87. The van der Waals surface area contributed by atoms with Crippen LogP contribution in [-0.2, 0) is 4.74 Å². The van der Waals surface area contributed by atoms with Crippen molar-refractivity contribution >= 4 is 5.97 Å². The number of carbonyl (C=O) groups excluding carboxylic acids is 1. The summed E-state index contributed by atoms with van der Waals surface area (Å²) in [5.41, 5.74) is 1.73. The van der Waals surface area contributed by atoms with Crippen LogP contribution in [0.15, 0.2) is 24.3 Å². The van der Waals surface area contributed by atoms with Crippen LogP contribution in [0.25, 0.3) is 4.85 Å². The predicted molar refractivity (Wildman–Crippen MR) is 83.2 cm³/mol. The molecule has 1 saturated carbocycles. The second-order valence-corrected chi connectivity index (χ2v) is 6.14. The molecule has 21 heavy (non-hydrogen) atoms. The van der Waals surface area contributed by atoms with Crippen molar-refractivity contribution in [2.24, 2.45) is 0 Å². The van der Waals surface area contributed by atoms with Crippen molar-refractivity contribution < 1.29 is 9.53 Å². The zero-order valence-electron chi connectivity index (χ0n) is 12.9. The highest BCUT2D eigenvalue weighted by Gasteiger charge is 2.36. The number of carbonyl (C=O) groups is 1. The molecule has 1 fully saturated rings. The third kappa shape index (κ3) is 3.85. The molecule has 0 saturated heterocycles. The van der Waals surface area contributed by atoms with Crippen LogP contribution < -0.4 is 0 Å². The summed E-state index contributed by atoms with van der Waals surface area (Å²) in [7, 11) is 0. The Hall–Kier alpha value is -1.82. The first kappa shape index (κ1) is 15.6. The summed E-state index contributed by atoms with van der Waals surface area (Å²) >= 11 is 0. The van der Waals surface area contributed by atoms with Gasteiger partial charge < -0.3 is 9.58 Å². The molecule has 3 nitrogen and oxygen atoms in total. The summed E-state index contributed by atoms with van der Waals surface area (Å²) in [6, 6.07) is 7.79. The van der Waals surface area contributed by atoms with Crippen LogP contribution in [0.2, 0.25) is 0 Å². The summed E-state index contributed by atoms with van der Waals surface area (Å²) in [6.45, 7) is 11.8. The fourth-order valence-corrected chi connectivity index (χ4v) is 2.85. The maximum atomic E-state index is 11.8. The van der Waals surface area contributed by atoms with Crippen molar-refractivity contribution in [2.75, 3.05) is 6.61 Å². The maximum Gasteiger partial charge on any atom is 0.338 e. The van der Waals surface area contributed by atoms with E-state index in [1.54, 1.807) is 0 Å². The number of esters is 1. The lowest BCUT2D eigenvalue weighted by molar-refractivity contribution is 0.0505. The summed E-state index contributed by atoms with van der Waals surface area (Å²) in [5.74, 6) is 0.271. The fraction of sp³-hybridized carbons (Fsp3) is 0.556. The van der Waals surface area contributed by atoms with Crippen LogP contribution >= 0.6 is 0 Å². The van der Waals surface area contributed by atoms with E-state index in [4.69, 9.17) is 11.3 Å². The molecular formula is C18H23NO2. The van der Waals surface area contributed by atoms with Gasteiger partial charge in [-0.1, -0.05) is 19.1 Å². The molecule has 0 spiro atoms. The largest absolute Gasteiger partial charge is 0.462 e. The van der Waals surface area contributed by atoms with E-state index in [0.29, 0.717) is 18.1 Å². The normalized spacial score (nSPS) is 25.1. The molecule has 0 atom stereocenters. The Labute approximate surface area is 127 Å². The van der Waals surface area contributed by atoms with Crippen LogP contribution in [0, 0.1) is 6.57 Å². The number of ether oxygens (including phenoxy) is 1. The Bertz CT molecular complexity index is 519. The fourth-order valence-electron chi connectivity index (χ4n) is 2.85. The number of hydrogen-bond acceptors (Lipinski definition) is 2. The Morgan fingerprint density at radius 3 is 2.48 bits per heavy atom. The Morgan fingerprint density at radius 1 is 1.33 bits per heavy atom. The van der Waals surface area contributed by atoms with Gasteiger partial charge in [0.2, 0.25) is 5.54 Å². The van der Waals surface area contributed by atoms with Gasteiger partial charge in [0, 0.05) is 19.8 Å². The second-order valence-electron chi connectivity index (χ2n) is 6.14. The summed E-state index contributed by atoms with van der Waals surface area (Å²) in [5, 5.41) is 0. The van der Waals surface area contributed by atoms with Gasteiger partial charge >= 0.3 is 5.97 Å². The second kappa shape index (κ2) is 6.76. The van der Waals surface area contributed by atoms with Gasteiger partial charge in [-0.25, -0.2) is 11.4 Å². The van der Waals surface area contributed by atoms with Crippen molar-refractivity contribution in [2.45, 2.75) is 57.4 Å². The van der Waals surface area contributed by atoms with Crippen LogP contribution in [-0.4, -0.2) is 18.1 Å². The van der Waals surface area contributed by atoms with E-state index < -0.39 is 0 Å². The standard InChI is InChI=1S/C18H23NO2/c1-4-13-21-17(20)16-7-5-14(6-8-16)15-9-11-18(2,19-3)12-10-15/h5-8,15H,4,9-13H2,1-2H3. The average Bonchev–Trinajstić information content (AvgIpc) is 2.53. The van der Waals surface area contributed by atoms with Crippen molar-refractivity contribution in [3.8, 4) is 0 Å². The number of rotatable bonds is 4. The number of hydrogen-bond donors (Lipinski definition) is 0. The zero-order valence-corrected chi connectivity index (χ0v) is 12.9. The van der Waals surface area contributed by atoms with Gasteiger partial charge in [0.25, 0.3) is 0 Å². The molecule has 1 aliphatic rings. The first-order chi connectivity index (χ1) is 10.1. The molecule has 0 bridgehead atoms. The predicted octanol–water partition coefficient (Wildman–Crippen LogP) is 4.59. The van der Waals surface area contributed by atoms with E-state index in [9.17, 15) is 4.79 Å². The molecule has 0 heterocycles. The Kier molecular flexibility index (Phi) is 5.01. The van der Waals surface area contributed by atoms with Crippen molar-refractivity contribution in [3.63, 3.8) is 0 Å². The smallest absolute Gasteiger partial charge is 0.338 e. The highest BCUT2D eigenvalue weighted by atomic mass is 16.5. The van der Waals surface area contributed by atoms with Crippen molar-refractivity contribution in [1.82, 2.24) is 0 Å². The van der Waals surface area contributed by atoms with E-state index in [-0.39, 0.29) is 11.5 Å². The number of nitrogens with zero attached hydrogens (tertiary/aromatic N) is 1. The molecule has 0 aromatic heterocycles. The SMILES string of the molecule is [C-]#[N+]C1(C)CCC(c2ccc(C(=O)OCCC)cc2)CC1. The first-order valence-electron chi connectivity index (χ1n) is 7.73. The molecule has 1 aromatic carbocycles. The molecule has 3 heteroatoms. The van der Waals surface area contributed by atoms with E-state index in [1.165, 1.54) is 5.56 Å². The lowest BCUT2D eigenvalue weighted by Crippen LogP contribution is -2.26. The van der Waals surface area contributed by atoms with Gasteiger partial charge in [-0.15, -0.1) is 0 Å². The first-order valence-corrected chi connectivity index (χ1v) is 7.73. The van der Waals surface area contributed by atoms with Gasteiger partial charge in [0.1, 0.15) is 0 Å². The highest BCUT2D eigenvalue weighted by Crippen LogP contribution is 2.39. The molecule has 1 aliphatic carbocycles. The highest BCUT2D eigenvalue weighted by molar-refractivity contribution is 5.89. The van der Waals surface area contributed by atoms with Crippen LogP contribution in [0.1, 0.15) is 67.8 Å². The Balaban J connectivity index is 1.97. The van der Waals surface area contributed by atoms with Gasteiger partial charge in [-0.05, 0) is 42.9 Å². The third-order valence-corrected chi connectivity index (χ3v) is 4.39. The van der Waals surface area contributed by atoms with Crippen LogP contribution in [0.4, 0.5) is 0 Å². The maximum absolute atomic E-state index is 11.8.